The number of amides is 1. The Kier molecular flexibility index (Phi) is 5.45. The zero-order valence-electron chi connectivity index (χ0n) is 14.3. The summed E-state index contributed by atoms with van der Waals surface area (Å²) in [7, 11) is 1.46. The van der Waals surface area contributed by atoms with Crippen LogP contribution in [0.1, 0.15) is 28.8 Å². The molecule has 1 aliphatic heterocycles. The second-order valence-electron chi connectivity index (χ2n) is 6.16. The van der Waals surface area contributed by atoms with Crippen LogP contribution in [0.3, 0.4) is 0 Å². The molecule has 0 bridgehead atoms. The number of carbonyl (C=O) groups is 1. The molecule has 2 aromatic rings. The molecule has 7 nitrogen and oxygen atoms in total. The van der Waals surface area contributed by atoms with E-state index in [9.17, 15) is 4.79 Å². The Morgan fingerprint density at radius 2 is 2.04 bits per heavy atom. The van der Waals surface area contributed by atoms with Gasteiger partial charge in [0, 0.05) is 31.9 Å². The minimum Gasteiger partial charge on any atom is -0.480 e. The molecule has 0 aliphatic carbocycles. The highest BCUT2D eigenvalue weighted by molar-refractivity contribution is 5.96. The highest BCUT2D eigenvalue weighted by Gasteiger charge is 2.23. The number of methoxy groups -OCH3 is 1. The van der Waals surface area contributed by atoms with Gasteiger partial charge >= 0.3 is 0 Å². The van der Waals surface area contributed by atoms with E-state index in [2.05, 4.69) is 44.5 Å². The van der Waals surface area contributed by atoms with Crippen LogP contribution in [0.4, 0.5) is 5.95 Å². The zero-order valence-corrected chi connectivity index (χ0v) is 14.3. The molecule has 3 N–H and O–H groups in total. The van der Waals surface area contributed by atoms with Crippen molar-refractivity contribution in [3.05, 3.63) is 47.7 Å². The summed E-state index contributed by atoms with van der Waals surface area (Å²) in [6, 6.07) is 10.6. The van der Waals surface area contributed by atoms with Crippen molar-refractivity contribution in [3.63, 3.8) is 0 Å². The number of ether oxygens (including phenoxy) is 1. The predicted molar refractivity (Wildman–Crippen MR) is 95.2 cm³/mol. The maximum Gasteiger partial charge on any atom is 0.258 e. The molecule has 25 heavy (non-hydrogen) atoms. The second kappa shape index (κ2) is 7.94. The monoisotopic (exact) mass is 341 g/mol. The van der Waals surface area contributed by atoms with E-state index in [1.165, 1.54) is 18.9 Å². The van der Waals surface area contributed by atoms with Crippen molar-refractivity contribution < 1.29 is 9.53 Å². The number of anilines is 1. The normalized spacial score (nSPS) is 15.7. The number of nitrogens with two attached hydrogens (primary N) is 1. The number of hydrogen-bond donors (Lipinski definition) is 2. The summed E-state index contributed by atoms with van der Waals surface area (Å²) in [4.78, 5) is 22.7. The summed E-state index contributed by atoms with van der Waals surface area (Å²) in [5.41, 5.74) is 7.15. The van der Waals surface area contributed by atoms with Crippen LogP contribution in [0.2, 0.25) is 0 Å². The number of hydrogen-bond acceptors (Lipinski definition) is 6. The van der Waals surface area contributed by atoms with E-state index in [1.54, 1.807) is 0 Å². The molecule has 1 aromatic carbocycles. The van der Waals surface area contributed by atoms with Gasteiger partial charge in [0.25, 0.3) is 5.91 Å². The van der Waals surface area contributed by atoms with Crippen molar-refractivity contribution in [1.29, 1.82) is 0 Å². The fourth-order valence-corrected chi connectivity index (χ4v) is 3.03. The molecule has 1 aliphatic rings. The van der Waals surface area contributed by atoms with Gasteiger partial charge < -0.3 is 15.8 Å². The van der Waals surface area contributed by atoms with Crippen molar-refractivity contribution in [2.24, 2.45) is 0 Å². The molecule has 7 heteroatoms. The number of nitrogens with zero attached hydrogens (tertiary/aromatic N) is 3. The molecule has 2 heterocycles. The van der Waals surface area contributed by atoms with Crippen molar-refractivity contribution in [2.45, 2.75) is 25.4 Å². The van der Waals surface area contributed by atoms with Crippen LogP contribution >= 0.6 is 0 Å². The van der Waals surface area contributed by atoms with Gasteiger partial charge in [0.15, 0.2) is 0 Å². The maximum absolute atomic E-state index is 12.5. The molecule has 1 aromatic heterocycles. The van der Waals surface area contributed by atoms with Crippen molar-refractivity contribution in [1.82, 2.24) is 20.2 Å². The van der Waals surface area contributed by atoms with Crippen molar-refractivity contribution >= 4 is 11.9 Å². The van der Waals surface area contributed by atoms with Gasteiger partial charge in [0.05, 0.1) is 7.11 Å². The summed E-state index contributed by atoms with van der Waals surface area (Å²) in [6.45, 7) is 2.85. The van der Waals surface area contributed by atoms with Crippen molar-refractivity contribution in [2.75, 3.05) is 25.9 Å². The van der Waals surface area contributed by atoms with E-state index in [-0.39, 0.29) is 23.8 Å². The summed E-state index contributed by atoms with van der Waals surface area (Å²) >= 11 is 0. The average Bonchev–Trinajstić information content (AvgIpc) is 2.64. The number of rotatable bonds is 5. The quantitative estimate of drug-likeness (QED) is 0.855. The molecule has 1 fully saturated rings. The number of benzene rings is 1. The lowest BCUT2D eigenvalue weighted by Gasteiger charge is -2.32. The molecule has 0 unspecified atom stereocenters. The van der Waals surface area contributed by atoms with E-state index in [4.69, 9.17) is 10.5 Å². The Labute approximate surface area is 147 Å². The maximum atomic E-state index is 12.5. The zero-order chi connectivity index (χ0) is 17.6. The van der Waals surface area contributed by atoms with E-state index < -0.39 is 0 Å². The molecule has 0 saturated carbocycles. The summed E-state index contributed by atoms with van der Waals surface area (Å²) in [5, 5.41) is 3.05. The number of piperidine rings is 1. The molecule has 0 spiro atoms. The molecule has 0 atom stereocenters. The minimum absolute atomic E-state index is 0.0858. The van der Waals surface area contributed by atoms with Crippen LogP contribution in [-0.2, 0) is 6.54 Å². The summed E-state index contributed by atoms with van der Waals surface area (Å²) in [5.74, 6) is 0.0625. The fraction of sp³-hybridized carbons (Fsp3) is 0.389. The lowest BCUT2D eigenvalue weighted by Crippen LogP contribution is -2.44. The second-order valence-corrected chi connectivity index (χ2v) is 6.16. The third-order valence-electron chi connectivity index (χ3n) is 4.38. The third-order valence-corrected chi connectivity index (χ3v) is 4.38. The number of nitrogens with one attached hydrogen (secondary N) is 1. The van der Waals surface area contributed by atoms with E-state index in [0.717, 1.165) is 32.5 Å². The summed E-state index contributed by atoms with van der Waals surface area (Å²) in [6.07, 6.45) is 3.23. The smallest absolute Gasteiger partial charge is 0.258 e. The molecule has 3 rings (SSSR count). The van der Waals surface area contributed by atoms with Crippen molar-refractivity contribution in [3.8, 4) is 5.88 Å². The largest absolute Gasteiger partial charge is 0.480 e. The molecule has 1 saturated heterocycles. The van der Waals surface area contributed by atoms with Gasteiger partial charge in [-0.25, -0.2) is 4.98 Å². The Hall–Kier alpha value is -2.67. The van der Waals surface area contributed by atoms with E-state index in [0.29, 0.717) is 5.56 Å². The van der Waals surface area contributed by atoms with Gasteiger partial charge in [-0.2, -0.15) is 4.98 Å². The van der Waals surface area contributed by atoms with Gasteiger partial charge in [-0.3, -0.25) is 9.69 Å². The highest BCUT2D eigenvalue weighted by Crippen LogP contribution is 2.17. The topological polar surface area (TPSA) is 93.4 Å². The Balaban J connectivity index is 1.53. The van der Waals surface area contributed by atoms with Gasteiger partial charge in [-0.15, -0.1) is 0 Å². The lowest BCUT2D eigenvalue weighted by molar-refractivity contribution is 0.0905. The molecule has 0 radical (unpaired) electrons. The fourth-order valence-electron chi connectivity index (χ4n) is 3.03. The molecular formula is C18H23N5O2. The minimum atomic E-state index is -0.224. The number of likely N-dealkylation sites (tertiary alicyclic amines) is 1. The van der Waals surface area contributed by atoms with Crippen LogP contribution in [0, 0.1) is 0 Å². The molecule has 1 amide bonds. The Morgan fingerprint density at radius 1 is 1.32 bits per heavy atom. The van der Waals surface area contributed by atoms with E-state index >= 15 is 0 Å². The molecule has 132 valence electrons. The first kappa shape index (κ1) is 17.2. The third kappa shape index (κ3) is 4.45. The predicted octanol–water partition coefficient (Wildman–Crippen LogP) is 1.46. The first-order chi connectivity index (χ1) is 12.2. The van der Waals surface area contributed by atoms with Gasteiger partial charge in [-0.05, 0) is 18.4 Å². The standard InChI is InChI=1S/C18H23N5O2/c1-25-17-15(11-20-18(19)22-17)16(24)21-14-7-9-23(10-8-14)12-13-5-3-2-4-6-13/h2-6,11,14H,7-10,12H2,1H3,(H,21,24)(H2,19,20,22). The van der Waals surface area contributed by atoms with Crippen LogP contribution < -0.4 is 15.8 Å². The van der Waals surface area contributed by atoms with Gasteiger partial charge in [0.2, 0.25) is 11.8 Å². The number of aromatic nitrogens is 2. The first-order valence-corrected chi connectivity index (χ1v) is 8.39. The molecular weight excluding hydrogens is 318 g/mol. The first-order valence-electron chi connectivity index (χ1n) is 8.39. The van der Waals surface area contributed by atoms with Crippen LogP contribution in [0.5, 0.6) is 5.88 Å². The van der Waals surface area contributed by atoms with Crippen LogP contribution in [-0.4, -0.2) is 47.0 Å². The lowest BCUT2D eigenvalue weighted by atomic mass is 10.0. The van der Waals surface area contributed by atoms with Gasteiger partial charge in [-0.1, -0.05) is 30.3 Å². The van der Waals surface area contributed by atoms with Crippen LogP contribution in [0.15, 0.2) is 36.5 Å². The van der Waals surface area contributed by atoms with Crippen LogP contribution in [0.25, 0.3) is 0 Å². The number of nitrogen functional groups attached to an aromatic ring is 1. The Morgan fingerprint density at radius 3 is 2.72 bits per heavy atom. The van der Waals surface area contributed by atoms with E-state index in [1.807, 2.05) is 6.07 Å². The highest BCUT2D eigenvalue weighted by atomic mass is 16.5. The average molecular weight is 341 g/mol. The number of carbonyl (C=O) groups excluding carboxylic acids is 1. The SMILES string of the molecule is COc1nc(N)ncc1C(=O)NC1CCN(Cc2ccccc2)CC1. The Bertz CT molecular complexity index is 715. The summed E-state index contributed by atoms with van der Waals surface area (Å²) < 4.78 is 5.12. The van der Waals surface area contributed by atoms with Gasteiger partial charge in [0.1, 0.15) is 5.56 Å².